The minimum Gasteiger partial charge on any atom is -0.326 e. The molecule has 2 atom stereocenters. The van der Waals surface area contributed by atoms with E-state index < -0.39 is 10.0 Å². The van der Waals surface area contributed by atoms with Crippen molar-refractivity contribution in [2.75, 3.05) is 10.0 Å². The van der Waals surface area contributed by atoms with Crippen molar-refractivity contribution in [3.8, 4) is 0 Å². The Morgan fingerprint density at radius 3 is 2.44 bits per heavy atom. The molecule has 0 bridgehead atoms. The van der Waals surface area contributed by atoms with Gasteiger partial charge in [0, 0.05) is 17.8 Å². The number of nitrogens with one attached hydrogen (secondary N) is 2. The van der Waals surface area contributed by atoms with Crippen LogP contribution in [0.3, 0.4) is 0 Å². The van der Waals surface area contributed by atoms with Crippen molar-refractivity contribution in [2.24, 2.45) is 5.92 Å². The molecule has 1 amide bonds. The third-order valence-corrected chi connectivity index (χ3v) is 6.94. The molecular weight excluding hydrogens is 424 g/mol. The molecule has 0 aliphatic heterocycles. The van der Waals surface area contributed by atoms with E-state index in [9.17, 15) is 13.2 Å². The number of benzene rings is 3. The number of sulfonamides is 1. The first-order chi connectivity index (χ1) is 15.5. The van der Waals surface area contributed by atoms with Crippen molar-refractivity contribution < 1.29 is 13.2 Å². The fourth-order valence-electron chi connectivity index (χ4n) is 3.80. The molecule has 1 aliphatic carbocycles. The van der Waals surface area contributed by atoms with Gasteiger partial charge in [-0.25, -0.2) is 8.42 Å². The number of amides is 1. The summed E-state index contributed by atoms with van der Waals surface area (Å²) in [5.41, 5.74) is 1.72. The fraction of sp³-hybridized carbons (Fsp3) is 0.125. The van der Waals surface area contributed by atoms with Gasteiger partial charge in [-0.3, -0.25) is 9.52 Å². The van der Waals surface area contributed by atoms with Crippen molar-refractivity contribution >= 4 is 38.2 Å². The summed E-state index contributed by atoms with van der Waals surface area (Å²) < 4.78 is 27.4. The summed E-state index contributed by atoms with van der Waals surface area (Å²) in [6, 6.07) is 23.6. The van der Waals surface area contributed by atoms with Crippen LogP contribution in [-0.4, -0.2) is 24.5 Å². The third kappa shape index (κ3) is 4.17. The van der Waals surface area contributed by atoms with Crippen molar-refractivity contribution in [2.45, 2.75) is 17.2 Å². The average molecular weight is 445 g/mol. The molecule has 1 aromatic heterocycles. The van der Waals surface area contributed by atoms with E-state index in [0.29, 0.717) is 0 Å². The quantitative estimate of drug-likeness (QED) is 0.465. The maximum atomic E-state index is 12.7. The molecule has 4 aromatic rings. The molecule has 0 saturated heterocycles. The van der Waals surface area contributed by atoms with Crippen LogP contribution in [0.25, 0.3) is 10.8 Å². The summed E-state index contributed by atoms with van der Waals surface area (Å²) in [6.07, 6.45) is 2.21. The summed E-state index contributed by atoms with van der Waals surface area (Å²) in [5.74, 6) is 0.0947. The van der Waals surface area contributed by atoms with Crippen molar-refractivity contribution in [1.82, 2.24) is 10.2 Å². The zero-order chi connectivity index (χ0) is 22.1. The number of nitrogens with zero attached hydrogens (tertiary/aromatic N) is 2. The van der Waals surface area contributed by atoms with Crippen LogP contribution in [0.4, 0.5) is 11.5 Å². The van der Waals surface area contributed by atoms with Crippen LogP contribution in [0.1, 0.15) is 17.9 Å². The molecular formula is C24H20N4O3S. The van der Waals surface area contributed by atoms with E-state index >= 15 is 0 Å². The highest BCUT2D eigenvalue weighted by atomic mass is 32.2. The predicted molar refractivity (Wildman–Crippen MR) is 123 cm³/mol. The lowest BCUT2D eigenvalue weighted by Crippen LogP contribution is -2.15. The molecule has 1 heterocycles. The van der Waals surface area contributed by atoms with Crippen LogP contribution in [0.5, 0.6) is 0 Å². The van der Waals surface area contributed by atoms with Gasteiger partial charge in [-0.15, -0.1) is 5.10 Å². The molecule has 0 spiro atoms. The molecule has 32 heavy (non-hydrogen) atoms. The lowest BCUT2D eigenvalue weighted by atomic mass is 10.1. The number of rotatable bonds is 6. The second-order valence-electron chi connectivity index (χ2n) is 7.78. The first-order valence-corrected chi connectivity index (χ1v) is 11.7. The normalized spacial score (nSPS) is 17.6. The van der Waals surface area contributed by atoms with Crippen LogP contribution in [0.15, 0.2) is 90.0 Å². The van der Waals surface area contributed by atoms with Crippen LogP contribution in [-0.2, 0) is 14.8 Å². The van der Waals surface area contributed by atoms with Gasteiger partial charge >= 0.3 is 0 Å². The first kappa shape index (κ1) is 20.1. The second-order valence-corrected chi connectivity index (χ2v) is 9.47. The maximum absolute atomic E-state index is 12.7. The Hall–Kier alpha value is -3.78. The number of aromatic nitrogens is 2. The average Bonchev–Trinajstić information content (AvgIpc) is 3.61. The predicted octanol–water partition coefficient (Wildman–Crippen LogP) is 4.17. The van der Waals surface area contributed by atoms with E-state index in [1.165, 1.54) is 12.3 Å². The molecule has 1 fully saturated rings. The highest BCUT2D eigenvalue weighted by molar-refractivity contribution is 7.92. The van der Waals surface area contributed by atoms with Crippen molar-refractivity contribution in [3.63, 3.8) is 0 Å². The van der Waals surface area contributed by atoms with Gasteiger partial charge in [-0.1, -0.05) is 42.5 Å². The Labute approximate surface area is 185 Å². The lowest BCUT2D eigenvalue weighted by Gasteiger charge is -2.08. The SMILES string of the molecule is O=C(Nc1ccc2ccccc2c1)[C@@H]1CC1c1ccc(S(=O)(=O)Nc2cccnn2)cc1. The Morgan fingerprint density at radius 1 is 0.906 bits per heavy atom. The third-order valence-electron chi connectivity index (χ3n) is 5.57. The standard InChI is InChI=1S/C24H20N4O3S/c29-24(26-19-10-7-16-4-1-2-5-18(16)14-19)22-15-21(22)17-8-11-20(12-9-17)32(30,31)28-23-6-3-13-25-27-23/h1-14,21-22H,15H2,(H,26,29)(H,27,28)/t21?,22-/m1/s1. The topological polar surface area (TPSA) is 101 Å². The Morgan fingerprint density at radius 2 is 1.69 bits per heavy atom. The van der Waals surface area contributed by atoms with Crippen LogP contribution in [0.2, 0.25) is 0 Å². The zero-order valence-electron chi connectivity index (χ0n) is 17.0. The molecule has 1 saturated carbocycles. The largest absolute Gasteiger partial charge is 0.326 e. The van der Waals surface area contributed by atoms with E-state index in [1.807, 2.05) is 42.5 Å². The van der Waals surface area contributed by atoms with Gasteiger partial charge in [0.15, 0.2) is 5.82 Å². The summed E-state index contributed by atoms with van der Waals surface area (Å²) in [4.78, 5) is 12.8. The number of hydrogen-bond acceptors (Lipinski definition) is 5. The van der Waals surface area contributed by atoms with E-state index in [-0.39, 0.29) is 28.5 Å². The van der Waals surface area contributed by atoms with E-state index in [4.69, 9.17) is 0 Å². The van der Waals surface area contributed by atoms with Crippen molar-refractivity contribution in [1.29, 1.82) is 0 Å². The van der Waals surface area contributed by atoms with Gasteiger partial charge in [0.25, 0.3) is 10.0 Å². The molecule has 5 rings (SSSR count). The fourth-order valence-corrected chi connectivity index (χ4v) is 4.80. The Balaban J connectivity index is 1.24. The van der Waals surface area contributed by atoms with Gasteiger partial charge in [0.1, 0.15) is 0 Å². The molecule has 0 radical (unpaired) electrons. The number of carbonyl (C=O) groups excluding carboxylic acids is 1. The summed E-state index contributed by atoms with van der Waals surface area (Å²) in [5, 5.41) is 12.6. The minimum absolute atomic E-state index is 0.0219. The maximum Gasteiger partial charge on any atom is 0.263 e. The molecule has 1 aliphatic rings. The molecule has 3 aromatic carbocycles. The van der Waals surface area contributed by atoms with Crippen molar-refractivity contribution in [3.05, 3.63) is 90.6 Å². The van der Waals surface area contributed by atoms with Gasteiger partial charge in [0.2, 0.25) is 5.91 Å². The summed E-state index contributed by atoms with van der Waals surface area (Å²) in [6.45, 7) is 0. The van der Waals surface area contributed by atoms with Gasteiger partial charge in [-0.2, -0.15) is 5.10 Å². The zero-order valence-corrected chi connectivity index (χ0v) is 17.8. The molecule has 160 valence electrons. The highest BCUT2D eigenvalue weighted by Gasteiger charge is 2.44. The van der Waals surface area contributed by atoms with Gasteiger partial charge < -0.3 is 5.32 Å². The van der Waals surface area contributed by atoms with E-state index in [1.54, 1.807) is 30.3 Å². The number of hydrogen-bond donors (Lipinski definition) is 2. The van der Waals surface area contributed by atoms with Crippen LogP contribution >= 0.6 is 0 Å². The molecule has 8 heteroatoms. The van der Waals surface area contributed by atoms with E-state index in [0.717, 1.165) is 28.4 Å². The first-order valence-electron chi connectivity index (χ1n) is 10.2. The number of carbonyl (C=O) groups is 1. The lowest BCUT2D eigenvalue weighted by molar-refractivity contribution is -0.117. The summed E-state index contributed by atoms with van der Waals surface area (Å²) in [7, 11) is -3.76. The molecule has 2 N–H and O–H groups in total. The second kappa shape index (κ2) is 8.05. The summed E-state index contributed by atoms with van der Waals surface area (Å²) >= 11 is 0. The van der Waals surface area contributed by atoms with Gasteiger partial charge in [-0.05, 0) is 65.1 Å². The van der Waals surface area contributed by atoms with Crippen LogP contribution < -0.4 is 10.0 Å². The van der Waals surface area contributed by atoms with E-state index in [2.05, 4.69) is 20.2 Å². The molecule has 7 nitrogen and oxygen atoms in total. The Kier molecular flexibility index (Phi) is 5.07. The van der Waals surface area contributed by atoms with Gasteiger partial charge in [0.05, 0.1) is 4.90 Å². The highest BCUT2D eigenvalue weighted by Crippen LogP contribution is 2.48. The Bertz CT molecular complexity index is 1390. The minimum atomic E-state index is -3.76. The van der Waals surface area contributed by atoms with Crippen LogP contribution in [0, 0.1) is 5.92 Å². The monoisotopic (exact) mass is 444 g/mol. The number of fused-ring (bicyclic) bond motifs is 1. The molecule has 1 unspecified atom stereocenters. The number of anilines is 2. The smallest absolute Gasteiger partial charge is 0.263 e.